The molecule has 3 aromatic carbocycles. The number of carbonyl (C=O) groups excluding carboxylic acids is 1. The molecule has 7 heteroatoms. The van der Waals surface area contributed by atoms with Gasteiger partial charge in [-0.15, -0.1) is 11.3 Å². The van der Waals surface area contributed by atoms with Gasteiger partial charge in [0.15, 0.2) is 5.92 Å². The van der Waals surface area contributed by atoms with E-state index < -0.39 is 17.9 Å². The van der Waals surface area contributed by atoms with Crippen molar-refractivity contribution in [1.82, 2.24) is 4.98 Å². The minimum Gasteiger partial charge on any atom is -0.494 e. The molecule has 36 heavy (non-hydrogen) atoms. The molecule has 0 aliphatic heterocycles. The number of unbranched alkanes of at least 4 members (excludes halogenated alkanes) is 2. The topological polar surface area (TPSA) is 85.7 Å². The maximum atomic E-state index is 12.1. The van der Waals surface area contributed by atoms with Crippen LogP contribution in [0.3, 0.4) is 0 Å². The van der Waals surface area contributed by atoms with Crippen LogP contribution in [-0.4, -0.2) is 34.7 Å². The lowest BCUT2D eigenvalue weighted by Gasteiger charge is -2.15. The number of aliphatic carboxylic acids is 1. The fourth-order valence-corrected chi connectivity index (χ4v) is 4.93. The van der Waals surface area contributed by atoms with Gasteiger partial charge in [0.05, 0.1) is 22.9 Å². The Hall–Kier alpha value is -3.45. The highest BCUT2D eigenvalue weighted by Crippen LogP contribution is 2.32. The summed E-state index contributed by atoms with van der Waals surface area (Å²) < 4.78 is 12.3. The Bertz CT molecular complexity index is 1320. The smallest absolute Gasteiger partial charge is 0.320 e. The van der Waals surface area contributed by atoms with Crippen LogP contribution in [0, 0.1) is 5.92 Å². The standard InChI is InChI=1S/C29H31NO5S/c1-3-19(2)35-29(33)24(28(31)32)9-5-4-8-16-34-23-15-14-20-17-22(13-12-21(20)18-23)27-30-25-10-6-7-11-26(25)36-27/h6-7,10-15,17-19,24H,3-5,8-9,16H2,1-2H3,(H,31,32). The number of nitrogens with zero attached hydrogens (tertiary/aromatic N) is 1. The number of thiazole rings is 1. The first-order valence-corrected chi connectivity index (χ1v) is 13.2. The molecule has 0 bridgehead atoms. The lowest BCUT2D eigenvalue weighted by Crippen LogP contribution is -2.28. The van der Waals surface area contributed by atoms with Crippen molar-refractivity contribution in [1.29, 1.82) is 0 Å². The number of aromatic nitrogens is 1. The third kappa shape index (κ3) is 6.40. The van der Waals surface area contributed by atoms with E-state index in [-0.39, 0.29) is 12.5 Å². The second-order valence-electron chi connectivity index (χ2n) is 8.95. The van der Waals surface area contributed by atoms with Crippen molar-refractivity contribution in [2.24, 2.45) is 5.92 Å². The quantitative estimate of drug-likeness (QED) is 0.126. The van der Waals surface area contributed by atoms with Crippen LogP contribution < -0.4 is 4.74 Å². The van der Waals surface area contributed by atoms with Gasteiger partial charge in [-0.2, -0.15) is 0 Å². The van der Waals surface area contributed by atoms with Gasteiger partial charge < -0.3 is 14.6 Å². The molecule has 188 valence electrons. The third-order valence-corrected chi connectivity index (χ3v) is 7.32. The summed E-state index contributed by atoms with van der Waals surface area (Å²) in [7, 11) is 0. The number of ether oxygens (including phenoxy) is 2. The summed E-state index contributed by atoms with van der Waals surface area (Å²) in [4.78, 5) is 28.3. The normalized spacial score (nSPS) is 12.9. The summed E-state index contributed by atoms with van der Waals surface area (Å²) >= 11 is 1.69. The molecule has 6 nitrogen and oxygen atoms in total. The molecule has 0 aliphatic carbocycles. The molecule has 0 saturated carbocycles. The zero-order valence-electron chi connectivity index (χ0n) is 20.6. The van der Waals surface area contributed by atoms with Crippen molar-refractivity contribution < 1.29 is 24.2 Å². The Morgan fingerprint density at radius 2 is 1.78 bits per heavy atom. The van der Waals surface area contributed by atoms with E-state index in [0.29, 0.717) is 19.4 Å². The van der Waals surface area contributed by atoms with Gasteiger partial charge in [-0.05, 0) is 67.3 Å². The summed E-state index contributed by atoms with van der Waals surface area (Å²) in [6.07, 6.45) is 2.85. The van der Waals surface area contributed by atoms with Gasteiger partial charge in [0, 0.05) is 5.56 Å². The van der Waals surface area contributed by atoms with Crippen LogP contribution >= 0.6 is 11.3 Å². The fourth-order valence-electron chi connectivity index (χ4n) is 3.97. The maximum Gasteiger partial charge on any atom is 0.320 e. The average molecular weight is 506 g/mol. The SMILES string of the molecule is CCC(C)OC(=O)C(CCCCCOc1ccc2cc(-c3nc4ccccc4s3)ccc2c1)C(=O)O. The number of esters is 1. The highest BCUT2D eigenvalue weighted by Gasteiger charge is 2.28. The summed E-state index contributed by atoms with van der Waals surface area (Å²) in [5.41, 5.74) is 2.12. The Kier molecular flexibility index (Phi) is 8.54. The second-order valence-corrected chi connectivity index (χ2v) is 9.99. The van der Waals surface area contributed by atoms with E-state index in [1.54, 1.807) is 18.3 Å². The molecule has 0 aliphatic rings. The lowest BCUT2D eigenvalue weighted by atomic mass is 10.0. The number of carboxylic acids is 1. The molecule has 2 atom stereocenters. The van der Waals surface area contributed by atoms with E-state index in [1.807, 2.05) is 37.3 Å². The van der Waals surface area contributed by atoms with Gasteiger partial charge in [0.25, 0.3) is 0 Å². The van der Waals surface area contributed by atoms with E-state index in [4.69, 9.17) is 14.5 Å². The van der Waals surface area contributed by atoms with Crippen LogP contribution in [0.1, 0.15) is 46.0 Å². The Morgan fingerprint density at radius 3 is 2.56 bits per heavy atom. The summed E-state index contributed by atoms with van der Waals surface area (Å²) in [6.45, 7) is 4.19. The van der Waals surface area contributed by atoms with E-state index in [9.17, 15) is 14.7 Å². The van der Waals surface area contributed by atoms with Gasteiger partial charge in [-0.1, -0.05) is 50.1 Å². The van der Waals surface area contributed by atoms with Crippen LogP contribution in [0.25, 0.3) is 31.6 Å². The minimum absolute atomic E-state index is 0.270. The van der Waals surface area contributed by atoms with Gasteiger partial charge in [0.2, 0.25) is 0 Å². The molecular formula is C29H31NO5S. The molecule has 0 amide bonds. The predicted octanol–water partition coefficient (Wildman–Crippen LogP) is 7.10. The molecule has 0 spiro atoms. The number of carboxylic acid groups (broad SMARTS) is 1. The number of rotatable bonds is 12. The first-order chi connectivity index (χ1) is 17.4. The predicted molar refractivity (Wildman–Crippen MR) is 143 cm³/mol. The monoisotopic (exact) mass is 505 g/mol. The zero-order valence-corrected chi connectivity index (χ0v) is 21.4. The number of carbonyl (C=O) groups is 2. The van der Waals surface area contributed by atoms with E-state index in [0.717, 1.165) is 45.5 Å². The minimum atomic E-state index is -1.12. The third-order valence-electron chi connectivity index (χ3n) is 6.23. The Labute approximate surface area is 214 Å². The molecule has 1 N–H and O–H groups in total. The van der Waals surface area contributed by atoms with Crippen molar-refractivity contribution in [3.05, 3.63) is 60.7 Å². The molecule has 1 heterocycles. The molecule has 1 aromatic heterocycles. The van der Waals surface area contributed by atoms with Crippen LogP contribution in [-0.2, 0) is 14.3 Å². The highest BCUT2D eigenvalue weighted by molar-refractivity contribution is 7.21. The van der Waals surface area contributed by atoms with Crippen LogP contribution in [0.5, 0.6) is 5.75 Å². The second kappa shape index (κ2) is 12.0. The lowest BCUT2D eigenvalue weighted by molar-refractivity contribution is -0.162. The van der Waals surface area contributed by atoms with Crippen molar-refractivity contribution in [3.63, 3.8) is 0 Å². The Morgan fingerprint density at radius 1 is 1.00 bits per heavy atom. The molecule has 4 aromatic rings. The Balaban J connectivity index is 1.26. The number of benzene rings is 3. The molecule has 4 rings (SSSR count). The molecular weight excluding hydrogens is 474 g/mol. The van der Waals surface area contributed by atoms with Crippen molar-refractivity contribution in [2.75, 3.05) is 6.61 Å². The summed E-state index contributed by atoms with van der Waals surface area (Å²) in [5, 5.41) is 12.6. The van der Waals surface area contributed by atoms with Crippen molar-refractivity contribution >= 4 is 44.3 Å². The van der Waals surface area contributed by atoms with Gasteiger partial charge >= 0.3 is 11.9 Å². The number of para-hydroxylation sites is 1. The van der Waals surface area contributed by atoms with E-state index in [2.05, 4.69) is 30.3 Å². The van der Waals surface area contributed by atoms with Crippen LogP contribution in [0.4, 0.5) is 0 Å². The number of fused-ring (bicyclic) bond motifs is 2. The highest BCUT2D eigenvalue weighted by atomic mass is 32.1. The van der Waals surface area contributed by atoms with Crippen LogP contribution in [0.15, 0.2) is 60.7 Å². The van der Waals surface area contributed by atoms with Crippen LogP contribution in [0.2, 0.25) is 0 Å². The van der Waals surface area contributed by atoms with E-state index >= 15 is 0 Å². The van der Waals surface area contributed by atoms with Crippen molar-refractivity contribution in [3.8, 4) is 16.3 Å². The summed E-state index contributed by atoms with van der Waals surface area (Å²) in [6, 6.07) is 20.6. The maximum absolute atomic E-state index is 12.1. The zero-order chi connectivity index (χ0) is 25.5. The number of hydrogen-bond donors (Lipinski definition) is 1. The first kappa shape index (κ1) is 25.6. The molecule has 0 fully saturated rings. The molecule has 0 radical (unpaired) electrons. The first-order valence-electron chi connectivity index (χ1n) is 12.4. The fraction of sp³-hybridized carbons (Fsp3) is 0.345. The van der Waals surface area contributed by atoms with Gasteiger partial charge in [0.1, 0.15) is 10.8 Å². The van der Waals surface area contributed by atoms with Gasteiger partial charge in [-0.25, -0.2) is 4.98 Å². The van der Waals surface area contributed by atoms with E-state index in [1.165, 1.54) is 4.70 Å². The summed E-state index contributed by atoms with van der Waals surface area (Å²) in [5.74, 6) is -2.07. The van der Waals surface area contributed by atoms with Gasteiger partial charge in [-0.3, -0.25) is 9.59 Å². The van der Waals surface area contributed by atoms with Crippen molar-refractivity contribution in [2.45, 2.75) is 52.1 Å². The average Bonchev–Trinajstić information content (AvgIpc) is 3.32. The number of hydrogen-bond acceptors (Lipinski definition) is 6. The largest absolute Gasteiger partial charge is 0.494 e. The molecule has 2 unspecified atom stereocenters. The molecule has 0 saturated heterocycles.